The molecule has 2 fully saturated rings. The van der Waals surface area contributed by atoms with Gasteiger partial charge in [-0.2, -0.15) is 0 Å². The molecule has 0 aliphatic carbocycles. The zero-order chi connectivity index (χ0) is 18.5. The van der Waals surface area contributed by atoms with Crippen LogP contribution in [0.25, 0.3) is 0 Å². The summed E-state index contributed by atoms with van der Waals surface area (Å²) in [6.45, 7) is 8.68. The van der Waals surface area contributed by atoms with Gasteiger partial charge in [-0.05, 0) is 52.2 Å². The third-order valence-corrected chi connectivity index (χ3v) is 5.44. The van der Waals surface area contributed by atoms with E-state index in [1.54, 1.807) is 0 Å². The Morgan fingerprint density at radius 1 is 1.19 bits per heavy atom. The highest BCUT2D eigenvalue weighted by Crippen LogP contribution is 2.32. The largest absolute Gasteiger partial charge is 0.332 e. The van der Waals surface area contributed by atoms with Crippen LogP contribution in [0.5, 0.6) is 0 Å². The van der Waals surface area contributed by atoms with Crippen molar-refractivity contribution in [3.63, 3.8) is 0 Å². The maximum absolute atomic E-state index is 4.62. The molecule has 3 rings (SSSR count). The number of nitrogens with zero attached hydrogens (tertiary/aromatic N) is 5. The molecule has 2 saturated heterocycles. The smallest absolute Gasteiger partial charge is 0.225 e. The van der Waals surface area contributed by atoms with Crippen LogP contribution in [-0.2, 0) is 0 Å². The molecule has 1 aromatic heterocycles. The number of rotatable bonds is 6. The van der Waals surface area contributed by atoms with E-state index in [9.17, 15) is 0 Å². The Kier molecular flexibility index (Phi) is 6.50. The molecule has 26 heavy (non-hydrogen) atoms. The number of fused-ring (bicyclic) bond motifs is 2. The number of likely N-dealkylation sites (N-methyl/N-ethyl adjacent to an activating group) is 1. The summed E-state index contributed by atoms with van der Waals surface area (Å²) >= 11 is 0. The van der Waals surface area contributed by atoms with Gasteiger partial charge >= 0.3 is 0 Å². The van der Waals surface area contributed by atoms with Crippen molar-refractivity contribution < 1.29 is 0 Å². The van der Waals surface area contributed by atoms with Crippen molar-refractivity contribution in [2.45, 2.75) is 51.6 Å². The molecule has 0 radical (unpaired) electrons. The van der Waals surface area contributed by atoms with E-state index in [4.69, 9.17) is 0 Å². The summed E-state index contributed by atoms with van der Waals surface area (Å²) in [4.78, 5) is 16.4. The molecule has 2 unspecified atom stereocenters. The fourth-order valence-corrected chi connectivity index (χ4v) is 4.08. The van der Waals surface area contributed by atoms with Crippen LogP contribution >= 0.6 is 0 Å². The highest BCUT2D eigenvalue weighted by molar-refractivity contribution is 5.40. The molecule has 0 N–H and O–H groups in total. The Bertz CT molecular complexity index is 616. The normalized spacial score (nSPS) is 22.8. The first kappa shape index (κ1) is 19.1. The zero-order valence-corrected chi connectivity index (χ0v) is 16.8. The van der Waals surface area contributed by atoms with Crippen molar-refractivity contribution >= 4 is 5.95 Å². The summed E-state index contributed by atoms with van der Waals surface area (Å²) in [7, 11) is 4.35. The van der Waals surface area contributed by atoms with Gasteiger partial charge in [0, 0.05) is 37.6 Å². The predicted molar refractivity (Wildman–Crippen MR) is 107 cm³/mol. The molecule has 2 aliphatic rings. The Morgan fingerprint density at radius 3 is 2.46 bits per heavy atom. The lowest BCUT2D eigenvalue weighted by Crippen LogP contribution is -2.53. The number of piperazine rings is 1. The van der Waals surface area contributed by atoms with Gasteiger partial charge in [0.05, 0.1) is 12.1 Å². The van der Waals surface area contributed by atoms with Crippen molar-refractivity contribution in [1.29, 1.82) is 0 Å². The van der Waals surface area contributed by atoms with Crippen molar-refractivity contribution in [2.24, 2.45) is 5.92 Å². The summed E-state index contributed by atoms with van der Waals surface area (Å²) in [5, 5.41) is 0. The zero-order valence-electron chi connectivity index (χ0n) is 16.8. The molecule has 2 aliphatic heterocycles. The van der Waals surface area contributed by atoms with Crippen LogP contribution in [0.15, 0.2) is 12.4 Å². The molecular formula is C21H33N5. The van der Waals surface area contributed by atoms with E-state index in [-0.39, 0.29) is 0 Å². The third kappa shape index (κ3) is 4.96. The molecule has 5 heteroatoms. The molecule has 0 aromatic carbocycles. The Hall–Kier alpha value is -1.64. The van der Waals surface area contributed by atoms with Crippen LogP contribution in [-0.4, -0.2) is 72.1 Å². The Morgan fingerprint density at radius 2 is 1.85 bits per heavy atom. The second-order valence-corrected chi connectivity index (χ2v) is 8.36. The highest BCUT2D eigenvalue weighted by Gasteiger charge is 2.39. The van der Waals surface area contributed by atoms with E-state index in [1.165, 1.54) is 25.7 Å². The van der Waals surface area contributed by atoms with Crippen LogP contribution in [0.1, 0.15) is 45.1 Å². The van der Waals surface area contributed by atoms with Crippen LogP contribution in [0.2, 0.25) is 0 Å². The third-order valence-electron chi connectivity index (χ3n) is 5.44. The minimum absolute atomic E-state index is 0.565. The monoisotopic (exact) mass is 355 g/mol. The molecule has 2 atom stereocenters. The second-order valence-electron chi connectivity index (χ2n) is 8.36. The van der Waals surface area contributed by atoms with Crippen LogP contribution in [0.4, 0.5) is 5.95 Å². The molecular weight excluding hydrogens is 322 g/mol. The van der Waals surface area contributed by atoms with E-state index in [0.717, 1.165) is 43.6 Å². The molecule has 3 heterocycles. The van der Waals surface area contributed by atoms with Crippen LogP contribution < -0.4 is 4.90 Å². The maximum atomic E-state index is 4.62. The summed E-state index contributed by atoms with van der Waals surface area (Å²) in [6.07, 6.45) is 8.78. The SMILES string of the molecule is CC(C)CCCN(C)CC#Cc1cnc(N2C3CCC2CN(C)C3)nc1. The highest BCUT2D eigenvalue weighted by atomic mass is 15.4. The van der Waals surface area contributed by atoms with Gasteiger partial charge in [-0.1, -0.05) is 25.7 Å². The van der Waals surface area contributed by atoms with Gasteiger partial charge in [0.2, 0.25) is 5.95 Å². The van der Waals surface area contributed by atoms with E-state index < -0.39 is 0 Å². The first-order valence-corrected chi connectivity index (χ1v) is 9.99. The van der Waals surface area contributed by atoms with Crippen molar-refractivity contribution in [2.75, 3.05) is 45.2 Å². The van der Waals surface area contributed by atoms with Crippen LogP contribution in [0, 0.1) is 17.8 Å². The minimum atomic E-state index is 0.565. The van der Waals surface area contributed by atoms with Gasteiger partial charge in [0.1, 0.15) is 0 Å². The van der Waals surface area contributed by atoms with Crippen molar-refractivity contribution in [3.05, 3.63) is 18.0 Å². The van der Waals surface area contributed by atoms with E-state index in [2.05, 4.69) is 64.5 Å². The van der Waals surface area contributed by atoms with Gasteiger partial charge in [-0.3, -0.25) is 4.90 Å². The van der Waals surface area contributed by atoms with Gasteiger partial charge in [-0.25, -0.2) is 9.97 Å². The second kappa shape index (κ2) is 8.83. The lowest BCUT2D eigenvalue weighted by atomic mass is 10.1. The summed E-state index contributed by atoms with van der Waals surface area (Å²) in [6, 6.07) is 1.13. The molecule has 142 valence electrons. The molecule has 5 nitrogen and oxygen atoms in total. The lowest BCUT2D eigenvalue weighted by molar-refractivity contribution is 0.262. The van der Waals surface area contributed by atoms with E-state index in [1.807, 2.05) is 12.4 Å². The fraction of sp³-hybridized carbons (Fsp3) is 0.714. The molecule has 0 spiro atoms. The predicted octanol–water partition coefficient (Wildman–Crippen LogP) is 2.48. The van der Waals surface area contributed by atoms with Gasteiger partial charge in [-0.15, -0.1) is 0 Å². The van der Waals surface area contributed by atoms with Gasteiger partial charge in [0.25, 0.3) is 0 Å². The molecule has 1 aromatic rings. The maximum Gasteiger partial charge on any atom is 0.225 e. The number of hydrogen-bond donors (Lipinski definition) is 0. The fourth-order valence-electron chi connectivity index (χ4n) is 4.08. The van der Waals surface area contributed by atoms with Gasteiger partial charge < -0.3 is 9.80 Å². The standard InChI is InChI=1S/C21H33N5/c1-17(2)7-5-11-24(3)12-6-8-18-13-22-21(23-14-18)26-19-9-10-20(26)16-25(4)15-19/h13-14,17,19-20H,5,7,9-12,15-16H2,1-4H3. The molecule has 0 saturated carbocycles. The Labute approximate surface area is 158 Å². The first-order chi connectivity index (χ1) is 12.5. The molecule has 0 amide bonds. The van der Waals surface area contributed by atoms with Crippen molar-refractivity contribution in [1.82, 2.24) is 19.8 Å². The number of aromatic nitrogens is 2. The summed E-state index contributed by atoms with van der Waals surface area (Å²) in [5.41, 5.74) is 0.908. The van der Waals surface area contributed by atoms with Gasteiger partial charge in [0.15, 0.2) is 0 Å². The first-order valence-electron chi connectivity index (χ1n) is 9.99. The van der Waals surface area contributed by atoms with E-state index in [0.29, 0.717) is 12.1 Å². The topological polar surface area (TPSA) is 35.5 Å². The number of hydrogen-bond acceptors (Lipinski definition) is 5. The van der Waals surface area contributed by atoms with E-state index >= 15 is 0 Å². The number of anilines is 1. The summed E-state index contributed by atoms with van der Waals surface area (Å²) in [5.74, 6) is 8.11. The quantitative estimate of drug-likeness (QED) is 0.733. The average molecular weight is 356 g/mol. The minimum Gasteiger partial charge on any atom is -0.332 e. The molecule has 2 bridgehead atoms. The Balaban J connectivity index is 1.51. The van der Waals surface area contributed by atoms with Crippen molar-refractivity contribution in [3.8, 4) is 11.8 Å². The summed E-state index contributed by atoms with van der Waals surface area (Å²) < 4.78 is 0. The van der Waals surface area contributed by atoms with Crippen LogP contribution in [0.3, 0.4) is 0 Å². The number of likely N-dealkylation sites (tertiary alicyclic amines) is 1. The lowest BCUT2D eigenvalue weighted by Gasteiger charge is -2.39. The average Bonchev–Trinajstić information content (AvgIpc) is 2.87.